The van der Waals surface area contributed by atoms with Crippen molar-refractivity contribution in [2.75, 3.05) is 6.79 Å². The van der Waals surface area contributed by atoms with Gasteiger partial charge in [-0.15, -0.1) is 0 Å². The molecule has 2 aliphatic rings. The Morgan fingerprint density at radius 3 is 2.40 bits per heavy atom. The molecule has 0 radical (unpaired) electrons. The molecule has 7 heteroatoms. The minimum atomic E-state index is -0.606. The Balaban J connectivity index is 1.60. The van der Waals surface area contributed by atoms with Crippen molar-refractivity contribution in [1.29, 1.82) is 0 Å². The fourth-order valence-corrected chi connectivity index (χ4v) is 2.87. The maximum Gasteiger partial charge on any atom is 0.326 e. The van der Waals surface area contributed by atoms with E-state index >= 15 is 0 Å². The Bertz CT molecular complexity index is 913. The zero-order valence-corrected chi connectivity index (χ0v) is 13.7. The van der Waals surface area contributed by atoms with Gasteiger partial charge in [-0.3, -0.25) is 15.4 Å². The third-order valence-corrected chi connectivity index (χ3v) is 4.19. The van der Waals surface area contributed by atoms with Crippen LogP contribution in [0.15, 0.2) is 48.0 Å². The number of nitrogens with one attached hydrogen (secondary N) is 2. The third-order valence-electron chi connectivity index (χ3n) is 3.87. The second-order valence-electron chi connectivity index (χ2n) is 5.49. The van der Waals surface area contributed by atoms with Crippen LogP contribution in [0.25, 0.3) is 17.2 Å². The van der Waals surface area contributed by atoms with Gasteiger partial charge in [0.05, 0.1) is 5.57 Å². The fourth-order valence-electron chi connectivity index (χ4n) is 2.62. The number of fused-ring (bicyclic) bond motifs is 1. The molecular weight excluding hydrogens is 340 g/mol. The van der Waals surface area contributed by atoms with E-state index in [4.69, 9.17) is 21.7 Å². The second-order valence-corrected chi connectivity index (χ2v) is 5.89. The lowest BCUT2D eigenvalue weighted by atomic mass is 10.0. The van der Waals surface area contributed by atoms with E-state index < -0.39 is 11.9 Å². The maximum atomic E-state index is 11.9. The van der Waals surface area contributed by atoms with E-state index in [0.29, 0.717) is 0 Å². The average molecular weight is 352 g/mol. The smallest absolute Gasteiger partial charge is 0.326 e. The molecule has 1 saturated heterocycles. The van der Waals surface area contributed by atoms with Crippen LogP contribution in [-0.2, 0) is 4.79 Å². The second kappa shape index (κ2) is 6.03. The summed E-state index contributed by atoms with van der Waals surface area (Å²) in [6, 6.07) is 12.8. The van der Waals surface area contributed by atoms with Gasteiger partial charge >= 0.3 is 6.03 Å². The molecule has 1 fully saturated rings. The Morgan fingerprint density at radius 1 is 0.920 bits per heavy atom. The number of hydrogen-bond acceptors (Lipinski definition) is 5. The van der Waals surface area contributed by atoms with Gasteiger partial charge in [-0.1, -0.05) is 42.5 Å². The van der Waals surface area contributed by atoms with Crippen molar-refractivity contribution in [1.82, 2.24) is 10.6 Å². The van der Waals surface area contributed by atoms with Crippen molar-refractivity contribution < 1.29 is 19.1 Å². The van der Waals surface area contributed by atoms with E-state index in [-0.39, 0.29) is 17.4 Å². The Hall–Kier alpha value is -3.19. The van der Waals surface area contributed by atoms with Crippen LogP contribution in [0, 0.1) is 0 Å². The van der Waals surface area contributed by atoms with Crippen LogP contribution in [0.4, 0.5) is 4.79 Å². The molecule has 124 valence electrons. The summed E-state index contributed by atoms with van der Waals surface area (Å²) in [5.41, 5.74) is 3.06. The predicted octanol–water partition coefficient (Wildman–Crippen LogP) is 2.63. The summed E-state index contributed by atoms with van der Waals surface area (Å²) in [4.78, 5) is 23.2. The quantitative estimate of drug-likeness (QED) is 0.642. The topological polar surface area (TPSA) is 76.7 Å². The molecule has 2 aromatic carbocycles. The summed E-state index contributed by atoms with van der Waals surface area (Å²) >= 11 is 5.04. The molecule has 25 heavy (non-hydrogen) atoms. The van der Waals surface area contributed by atoms with E-state index in [9.17, 15) is 9.59 Å². The molecule has 0 aliphatic carbocycles. The van der Waals surface area contributed by atoms with Crippen molar-refractivity contribution in [3.8, 4) is 22.6 Å². The number of imide groups is 1. The van der Waals surface area contributed by atoms with Crippen molar-refractivity contribution in [2.45, 2.75) is 0 Å². The number of benzene rings is 2. The minimum absolute atomic E-state index is 0.119. The number of rotatable bonds is 2. The number of ether oxygens (including phenoxy) is 2. The normalized spacial score (nSPS) is 17.4. The lowest BCUT2D eigenvalue weighted by molar-refractivity contribution is -0.116. The van der Waals surface area contributed by atoms with E-state index in [1.807, 2.05) is 42.5 Å². The Labute approximate surface area is 148 Å². The lowest BCUT2D eigenvalue weighted by Gasteiger charge is -2.16. The number of urea groups is 1. The molecule has 0 atom stereocenters. The van der Waals surface area contributed by atoms with Crippen molar-refractivity contribution >= 4 is 35.2 Å². The highest BCUT2D eigenvalue weighted by Crippen LogP contribution is 2.35. The van der Waals surface area contributed by atoms with Crippen LogP contribution in [0.1, 0.15) is 5.56 Å². The van der Waals surface area contributed by atoms with Crippen LogP contribution in [0.2, 0.25) is 0 Å². The first-order valence-electron chi connectivity index (χ1n) is 7.48. The summed E-state index contributed by atoms with van der Waals surface area (Å²) in [5.74, 6) is 0.959. The minimum Gasteiger partial charge on any atom is -0.454 e. The molecule has 0 spiro atoms. The van der Waals surface area contributed by atoms with Gasteiger partial charge in [-0.2, -0.15) is 0 Å². The van der Waals surface area contributed by atoms with Gasteiger partial charge < -0.3 is 9.47 Å². The molecule has 2 aliphatic heterocycles. The molecule has 4 rings (SSSR count). The summed E-state index contributed by atoms with van der Waals surface area (Å²) in [7, 11) is 0. The predicted molar refractivity (Wildman–Crippen MR) is 95.3 cm³/mol. The highest BCUT2D eigenvalue weighted by atomic mass is 32.1. The molecule has 3 amide bonds. The van der Waals surface area contributed by atoms with E-state index in [2.05, 4.69) is 10.6 Å². The number of thiocarbonyl (C=S) groups is 1. The molecule has 2 N–H and O–H groups in total. The molecule has 0 aromatic heterocycles. The van der Waals surface area contributed by atoms with Crippen LogP contribution >= 0.6 is 12.2 Å². The fraction of sp³-hybridized carbons (Fsp3) is 0.0556. The standard InChI is InChI=1S/C18H12N2O4S/c21-16-13(17(25)20-18(22)19-16)7-10-1-3-11(4-2-10)12-5-6-14-15(8-12)24-9-23-14/h1-8H,9H2,(H2,19,20,21,22,25)/b13-7+. The highest BCUT2D eigenvalue weighted by Gasteiger charge is 2.24. The largest absolute Gasteiger partial charge is 0.454 e. The van der Waals surface area contributed by atoms with E-state index in [0.717, 1.165) is 28.2 Å². The van der Waals surface area contributed by atoms with Gasteiger partial charge in [-0.25, -0.2) is 4.79 Å². The zero-order chi connectivity index (χ0) is 17.4. The first-order valence-corrected chi connectivity index (χ1v) is 7.89. The number of carbonyl (C=O) groups excluding carboxylic acids is 2. The summed E-state index contributed by atoms with van der Waals surface area (Å²) in [6.07, 6.45) is 1.64. The number of carbonyl (C=O) groups is 2. The van der Waals surface area contributed by atoms with Crippen LogP contribution in [-0.4, -0.2) is 23.7 Å². The van der Waals surface area contributed by atoms with Gasteiger partial charge in [0.2, 0.25) is 6.79 Å². The Morgan fingerprint density at radius 2 is 1.64 bits per heavy atom. The molecule has 2 aromatic rings. The molecule has 0 bridgehead atoms. The van der Waals surface area contributed by atoms with Crippen molar-refractivity contribution in [2.24, 2.45) is 0 Å². The molecular formula is C18H12N2O4S. The van der Waals surface area contributed by atoms with Crippen LogP contribution < -0.4 is 20.1 Å². The van der Waals surface area contributed by atoms with Crippen molar-refractivity contribution in [3.05, 3.63) is 53.6 Å². The van der Waals surface area contributed by atoms with E-state index in [1.54, 1.807) is 6.08 Å². The molecule has 0 unspecified atom stereocenters. The number of hydrogen-bond donors (Lipinski definition) is 2. The average Bonchev–Trinajstić information content (AvgIpc) is 3.06. The molecule has 6 nitrogen and oxygen atoms in total. The third kappa shape index (κ3) is 2.97. The van der Waals surface area contributed by atoms with Crippen LogP contribution in [0.3, 0.4) is 0 Å². The van der Waals surface area contributed by atoms with E-state index in [1.165, 1.54) is 0 Å². The van der Waals surface area contributed by atoms with Crippen molar-refractivity contribution in [3.63, 3.8) is 0 Å². The maximum absolute atomic E-state index is 11.9. The van der Waals surface area contributed by atoms with Gasteiger partial charge in [0.15, 0.2) is 11.5 Å². The van der Waals surface area contributed by atoms with Crippen LogP contribution in [0.5, 0.6) is 11.5 Å². The summed E-state index contributed by atoms with van der Waals surface area (Å²) in [6.45, 7) is 0.240. The zero-order valence-electron chi connectivity index (χ0n) is 12.9. The van der Waals surface area contributed by atoms with Gasteiger partial charge in [-0.05, 0) is 34.9 Å². The number of amides is 3. The van der Waals surface area contributed by atoms with Gasteiger partial charge in [0.25, 0.3) is 5.91 Å². The SMILES string of the molecule is O=C1NC(=O)/C(=C\c2ccc(-c3ccc4c(c3)OCO4)cc2)C(=S)N1. The Kier molecular flexibility index (Phi) is 3.70. The first-order chi connectivity index (χ1) is 12.1. The molecule has 0 saturated carbocycles. The van der Waals surface area contributed by atoms with Gasteiger partial charge in [0, 0.05) is 0 Å². The lowest BCUT2D eigenvalue weighted by Crippen LogP contribution is -2.50. The van der Waals surface area contributed by atoms with Gasteiger partial charge in [0.1, 0.15) is 4.99 Å². The summed E-state index contributed by atoms with van der Waals surface area (Å²) < 4.78 is 10.7. The molecule has 2 heterocycles. The summed E-state index contributed by atoms with van der Waals surface area (Å²) in [5, 5.41) is 4.58. The monoisotopic (exact) mass is 352 g/mol. The highest BCUT2D eigenvalue weighted by molar-refractivity contribution is 7.81. The first kappa shape index (κ1) is 15.3.